The molecule has 0 saturated heterocycles. The van der Waals surface area contributed by atoms with Crippen molar-refractivity contribution in [2.24, 2.45) is 0 Å². The minimum absolute atomic E-state index is 0.0780. The van der Waals surface area contributed by atoms with Crippen LogP contribution in [0.15, 0.2) is 53.0 Å². The summed E-state index contributed by atoms with van der Waals surface area (Å²) in [6.07, 6.45) is 0.0780. The number of halogens is 1. The van der Waals surface area contributed by atoms with Crippen LogP contribution in [0.5, 0.6) is 0 Å². The molecule has 2 nitrogen and oxygen atoms in total. The minimum Gasteiger partial charge on any atom is -0.368 e. The Balaban J connectivity index is 2.02. The molecule has 1 unspecified atom stereocenters. The van der Waals surface area contributed by atoms with Crippen molar-refractivity contribution in [3.8, 4) is 0 Å². The van der Waals surface area contributed by atoms with Gasteiger partial charge in [0.15, 0.2) is 0 Å². The maximum absolute atomic E-state index is 6.12. The molecular weight excluding hydrogens is 326 g/mol. The number of nitrogens with one attached hydrogen (secondary N) is 1. The molecule has 21 heavy (non-hydrogen) atoms. The second kappa shape index (κ2) is 8.32. The summed E-state index contributed by atoms with van der Waals surface area (Å²) in [5.74, 6) is 0. The van der Waals surface area contributed by atoms with Gasteiger partial charge in [-0.15, -0.1) is 0 Å². The molecule has 0 heterocycles. The Labute approximate surface area is 135 Å². The van der Waals surface area contributed by atoms with Crippen LogP contribution >= 0.6 is 15.9 Å². The second-order valence-electron chi connectivity index (χ2n) is 5.14. The van der Waals surface area contributed by atoms with E-state index in [0.29, 0.717) is 6.61 Å². The molecule has 0 aromatic heterocycles. The van der Waals surface area contributed by atoms with Crippen LogP contribution in [0.1, 0.15) is 29.7 Å². The Morgan fingerprint density at radius 3 is 2.33 bits per heavy atom. The van der Waals surface area contributed by atoms with Crippen molar-refractivity contribution >= 4 is 15.9 Å². The van der Waals surface area contributed by atoms with E-state index in [1.54, 1.807) is 0 Å². The first-order valence-corrected chi connectivity index (χ1v) is 8.11. The number of hydrogen-bond donors (Lipinski definition) is 1. The smallest absolute Gasteiger partial charge is 0.0953 e. The van der Waals surface area contributed by atoms with E-state index >= 15 is 0 Å². The summed E-state index contributed by atoms with van der Waals surface area (Å²) in [5.41, 5.74) is 3.68. The molecule has 0 radical (unpaired) electrons. The highest BCUT2D eigenvalue weighted by molar-refractivity contribution is 9.10. The van der Waals surface area contributed by atoms with Crippen LogP contribution < -0.4 is 5.32 Å². The highest BCUT2D eigenvalue weighted by Crippen LogP contribution is 2.20. The van der Waals surface area contributed by atoms with E-state index in [-0.39, 0.29) is 6.10 Å². The number of likely N-dealkylation sites (N-methyl/N-ethyl adjacent to an activating group) is 1. The van der Waals surface area contributed by atoms with Crippen LogP contribution in [-0.2, 0) is 11.3 Å². The van der Waals surface area contributed by atoms with Gasteiger partial charge in [0.2, 0.25) is 0 Å². The molecule has 0 aliphatic heterocycles. The maximum atomic E-state index is 6.12. The van der Waals surface area contributed by atoms with E-state index in [1.807, 2.05) is 12.1 Å². The van der Waals surface area contributed by atoms with Gasteiger partial charge in [-0.25, -0.2) is 0 Å². The van der Waals surface area contributed by atoms with E-state index in [9.17, 15) is 0 Å². The van der Waals surface area contributed by atoms with E-state index < -0.39 is 0 Å². The first-order valence-electron chi connectivity index (χ1n) is 7.32. The van der Waals surface area contributed by atoms with Crippen LogP contribution in [0.2, 0.25) is 0 Å². The third kappa shape index (κ3) is 5.27. The molecule has 2 rings (SSSR count). The van der Waals surface area contributed by atoms with Gasteiger partial charge in [0.25, 0.3) is 0 Å². The molecule has 1 atom stereocenters. The van der Waals surface area contributed by atoms with Gasteiger partial charge in [-0.05, 0) is 36.7 Å². The number of ether oxygens (including phenoxy) is 1. The molecule has 112 valence electrons. The van der Waals surface area contributed by atoms with Gasteiger partial charge in [-0.1, -0.05) is 64.8 Å². The number of rotatable bonds is 7. The van der Waals surface area contributed by atoms with Crippen LogP contribution in [0.25, 0.3) is 0 Å². The first kappa shape index (κ1) is 16.2. The minimum atomic E-state index is 0.0780. The third-order valence-corrected chi connectivity index (χ3v) is 3.92. The molecule has 3 heteroatoms. The number of aryl methyl sites for hydroxylation is 1. The maximum Gasteiger partial charge on any atom is 0.0953 e. The fourth-order valence-electron chi connectivity index (χ4n) is 2.11. The predicted octanol–water partition coefficient (Wildman–Crippen LogP) is 4.62. The van der Waals surface area contributed by atoms with E-state index in [4.69, 9.17) is 4.74 Å². The zero-order valence-electron chi connectivity index (χ0n) is 12.6. The van der Waals surface area contributed by atoms with Crippen LogP contribution in [-0.4, -0.2) is 13.1 Å². The average Bonchev–Trinajstić information content (AvgIpc) is 2.50. The topological polar surface area (TPSA) is 21.3 Å². The summed E-state index contributed by atoms with van der Waals surface area (Å²) in [6.45, 7) is 6.62. The van der Waals surface area contributed by atoms with Gasteiger partial charge in [0, 0.05) is 11.0 Å². The van der Waals surface area contributed by atoms with E-state index in [1.165, 1.54) is 16.7 Å². The van der Waals surface area contributed by atoms with Gasteiger partial charge in [-0.3, -0.25) is 0 Å². The number of benzene rings is 2. The summed E-state index contributed by atoms with van der Waals surface area (Å²) < 4.78 is 7.21. The standard InChI is InChI=1S/C18H22BrNO/c1-3-20-12-18(16-8-4-14(2)5-9-16)21-13-15-6-10-17(19)11-7-15/h4-11,18,20H,3,12-13H2,1-2H3. The molecule has 0 spiro atoms. The van der Waals surface area contributed by atoms with Crippen molar-refractivity contribution < 1.29 is 4.74 Å². The third-order valence-electron chi connectivity index (χ3n) is 3.39. The SMILES string of the molecule is CCNCC(OCc1ccc(Br)cc1)c1ccc(C)cc1. The zero-order valence-corrected chi connectivity index (χ0v) is 14.2. The molecule has 1 N–H and O–H groups in total. The predicted molar refractivity (Wildman–Crippen MR) is 91.4 cm³/mol. The molecule has 0 saturated carbocycles. The van der Waals surface area contributed by atoms with Crippen LogP contribution in [0.3, 0.4) is 0 Å². The Hall–Kier alpha value is -1.16. The summed E-state index contributed by atoms with van der Waals surface area (Å²) >= 11 is 3.45. The van der Waals surface area contributed by atoms with Gasteiger partial charge in [0.1, 0.15) is 0 Å². The zero-order chi connectivity index (χ0) is 15.1. The normalized spacial score (nSPS) is 12.3. The van der Waals surface area contributed by atoms with Crippen LogP contribution in [0, 0.1) is 6.92 Å². The first-order chi connectivity index (χ1) is 10.2. The summed E-state index contributed by atoms with van der Waals surface area (Å²) in [6, 6.07) is 16.8. The van der Waals surface area contributed by atoms with Crippen molar-refractivity contribution in [2.75, 3.05) is 13.1 Å². The number of hydrogen-bond acceptors (Lipinski definition) is 2. The van der Waals surface area contributed by atoms with Crippen molar-refractivity contribution in [3.63, 3.8) is 0 Å². The van der Waals surface area contributed by atoms with Crippen molar-refractivity contribution in [3.05, 3.63) is 69.7 Å². The average molecular weight is 348 g/mol. The Morgan fingerprint density at radius 2 is 1.71 bits per heavy atom. The largest absolute Gasteiger partial charge is 0.368 e. The molecule has 0 aliphatic carbocycles. The highest BCUT2D eigenvalue weighted by Gasteiger charge is 2.11. The van der Waals surface area contributed by atoms with Gasteiger partial charge >= 0.3 is 0 Å². The highest BCUT2D eigenvalue weighted by atomic mass is 79.9. The van der Waals surface area contributed by atoms with Crippen molar-refractivity contribution in [1.82, 2.24) is 5.32 Å². The van der Waals surface area contributed by atoms with Crippen LogP contribution in [0.4, 0.5) is 0 Å². The van der Waals surface area contributed by atoms with Crippen molar-refractivity contribution in [1.29, 1.82) is 0 Å². The van der Waals surface area contributed by atoms with Gasteiger partial charge in [0.05, 0.1) is 12.7 Å². The molecular formula is C18H22BrNO. The molecule has 2 aromatic carbocycles. The van der Waals surface area contributed by atoms with Gasteiger partial charge < -0.3 is 10.1 Å². The fourth-order valence-corrected chi connectivity index (χ4v) is 2.37. The monoisotopic (exact) mass is 347 g/mol. The lowest BCUT2D eigenvalue weighted by Crippen LogP contribution is -2.23. The van der Waals surface area contributed by atoms with E-state index in [0.717, 1.165) is 17.6 Å². The lowest BCUT2D eigenvalue weighted by atomic mass is 10.1. The Bertz CT molecular complexity index is 536. The second-order valence-corrected chi connectivity index (χ2v) is 6.06. The Kier molecular flexibility index (Phi) is 6.43. The lowest BCUT2D eigenvalue weighted by molar-refractivity contribution is 0.0401. The molecule has 0 amide bonds. The van der Waals surface area contributed by atoms with Crippen molar-refractivity contribution in [2.45, 2.75) is 26.6 Å². The fraction of sp³-hybridized carbons (Fsp3) is 0.333. The Morgan fingerprint density at radius 1 is 1.05 bits per heavy atom. The summed E-state index contributed by atoms with van der Waals surface area (Å²) in [5, 5.41) is 3.37. The molecule has 2 aromatic rings. The molecule has 0 aliphatic rings. The molecule has 0 fully saturated rings. The summed E-state index contributed by atoms with van der Waals surface area (Å²) in [4.78, 5) is 0. The summed E-state index contributed by atoms with van der Waals surface area (Å²) in [7, 11) is 0. The molecule has 0 bridgehead atoms. The van der Waals surface area contributed by atoms with Gasteiger partial charge in [-0.2, -0.15) is 0 Å². The lowest BCUT2D eigenvalue weighted by Gasteiger charge is -2.19. The quantitative estimate of drug-likeness (QED) is 0.788. The van der Waals surface area contributed by atoms with E-state index in [2.05, 4.69) is 71.5 Å².